The van der Waals surface area contributed by atoms with Gasteiger partial charge in [-0.3, -0.25) is 4.98 Å². The summed E-state index contributed by atoms with van der Waals surface area (Å²) in [7, 11) is 0. The average Bonchev–Trinajstić information content (AvgIpc) is 3.40. The third-order valence-corrected chi connectivity index (χ3v) is 7.15. The number of thiocarbonyl (C=S) groups is 1. The van der Waals surface area contributed by atoms with Crippen LogP contribution < -0.4 is 5.32 Å². The summed E-state index contributed by atoms with van der Waals surface area (Å²) in [6.07, 6.45) is 10.3. The first-order valence-corrected chi connectivity index (χ1v) is 11.9. The number of nitrogens with zero attached hydrogens (tertiary/aromatic N) is 3. The molecule has 1 aromatic carbocycles. The number of hydrogen-bond donors (Lipinski definition) is 1. The topological polar surface area (TPSA) is 33.1 Å². The number of nitrogens with one attached hydrogen (secondary N) is 1. The van der Waals surface area contributed by atoms with Crippen LogP contribution in [0, 0.1) is 0 Å². The van der Waals surface area contributed by atoms with Crippen molar-refractivity contribution in [1.29, 1.82) is 0 Å². The van der Waals surface area contributed by atoms with Gasteiger partial charge in [-0.05, 0) is 73.6 Å². The number of pyridine rings is 1. The predicted molar refractivity (Wildman–Crippen MR) is 128 cm³/mol. The van der Waals surface area contributed by atoms with Gasteiger partial charge in [-0.1, -0.05) is 41.3 Å². The largest absolute Gasteiger partial charge is 0.352 e. The SMILES string of the molecule is S=C1N[C@H](c2ccccn2)[C@H](c2cccn2-c2ccc(Br)cc2)N1C1CCCCC1. The third-order valence-electron chi connectivity index (χ3n) is 6.29. The van der Waals surface area contributed by atoms with Crippen LogP contribution in [0.3, 0.4) is 0 Å². The first-order valence-electron chi connectivity index (χ1n) is 10.7. The number of rotatable bonds is 4. The van der Waals surface area contributed by atoms with Crippen LogP contribution in [0.1, 0.15) is 55.6 Å². The Morgan fingerprint density at radius 3 is 2.50 bits per heavy atom. The van der Waals surface area contributed by atoms with E-state index in [0.29, 0.717) is 6.04 Å². The summed E-state index contributed by atoms with van der Waals surface area (Å²) < 4.78 is 3.37. The van der Waals surface area contributed by atoms with E-state index in [1.54, 1.807) is 0 Å². The molecule has 1 aliphatic carbocycles. The van der Waals surface area contributed by atoms with Crippen LogP contribution in [0.15, 0.2) is 71.5 Å². The zero-order valence-electron chi connectivity index (χ0n) is 16.7. The second-order valence-corrected chi connectivity index (χ2v) is 9.41. The highest BCUT2D eigenvalue weighted by Crippen LogP contribution is 2.43. The van der Waals surface area contributed by atoms with Crippen LogP contribution in [-0.2, 0) is 0 Å². The van der Waals surface area contributed by atoms with Crippen molar-refractivity contribution in [1.82, 2.24) is 19.8 Å². The molecular weight excluding hydrogens is 456 g/mol. The summed E-state index contributed by atoms with van der Waals surface area (Å²) >= 11 is 9.45. The smallest absolute Gasteiger partial charge is 0.170 e. The van der Waals surface area contributed by atoms with Crippen LogP contribution in [0.25, 0.3) is 5.69 Å². The second kappa shape index (κ2) is 8.52. The van der Waals surface area contributed by atoms with Crippen molar-refractivity contribution < 1.29 is 0 Å². The van der Waals surface area contributed by atoms with E-state index in [0.717, 1.165) is 21.0 Å². The average molecular weight is 481 g/mol. The molecule has 30 heavy (non-hydrogen) atoms. The van der Waals surface area contributed by atoms with E-state index in [4.69, 9.17) is 12.2 Å². The summed E-state index contributed by atoms with van der Waals surface area (Å²) in [6, 6.07) is 19.6. The van der Waals surface area contributed by atoms with E-state index in [-0.39, 0.29) is 12.1 Å². The van der Waals surface area contributed by atoms with Crippen LogP contribution >= 0.6 is 28.1 Å². The van der Waals surface area contributed by atoms with Crippen molar-refractivity contribution in [3.63, 3.8) is 0 Å². The van der Waals surface area contributed by atoms with Crippen LogP contribution in [0.2, 0.25) is 0 Å². The number of hydrogen-bond acceptors (Lipinski definition) is 2. The Hall–Kier alpha value is -2.18. The fraction of sp³-hybridized carbons (Fsp3) is 0.333. The van der Waals surface area contributed by atoms with Gasteiger partial charge in [-0.15, -0.1) is 0 Å². The first-order chi connectivity index (χ1) is 14.7. The Labute approximate surface area is 191 Å². The maximum Gasteiger partial charge on any atom is 0.170 e. The molecule has 0 radical (unpaired) electrons. The lowest BCUT2D eigenvalue weighted by atomic mass is 9.92. The molecule has 3 heterocycles. The molecule has 0 amide bonds. The molecule has 5 rings (SSSR count). The van der Waals surface area contributed by atoms with E-state index in [1.807, 2.05) is 12.3 Å². The number of aromatic nitrogens is 2. The molecule has 2 fully saturated rings. The first kappa shape index (κ1) is 19.8. The standard InChI is InChI=1S/C24H25BrN4S/c25-17-11-13-18(14-12-17)28-16-6-10-21(28)23-22(20-9-4-5-15-26-20)27-24(30)29(23)19-7-2-1-3-8-19/h4-6,9-16,19,22-23H,1-3,7-8H2,(H,27,30)/t22-,23+/m1/s1. The molecule has 4 nitrogen and oxygen atoms in total. The van der Waals surface area contributed by atoms with Crippen molar-refractivity contribution in [2.24, 2.45) is 0 Å². The molecule has 1 aliphatic heterocycles. The monoisotopic (exact) mass is 480 g/mol. The summed E-state index contributed by atoms with van der Waals surface area (Å²) in [5.41, 5.74) is 3.43. The quantitative estimate of drug-likeness (QED) is 0.468. The molecule has 0 unspecified atom stereocenters. The molecule has 1 saturated carbocycles. The normalized spacial score (nSPS) is 22.3. The van der Waals surface area contributed by atoms with Gasteiger partial charge in [-0.25, -0.2) is 0 Å². The Bertz CT molecular complexity index is 1010. The zero-order chi connectivity index (χ0) is 20.5. The molecule has 1 saturated heterocycles. The van der Waals surface area contributed by atoms with Crippen molar-refractivity contribution in [3.05, 3.63) is 82.9 Å². The fourth-order valence-electron chi connectivity index (χ4n) is 4.91. The molecule has 2 aliphatic rings. The molecule has 2 aromatic heterocycles. The lowest BCUT2D eigenvalue weighted by molar-refractivity contribution is 0.193. The van der Waals surface area contributed by atoms with E-state index in [1.165, 1.54) is 37.8 Å². The highest BCUT2D eigenvalue weighted by molar-refractivity contribution is 9.10. The number of halogens is 1. The van der Waals surface area contributed by atoms with Crippen molar-refractivity contribution >= 4 is 33.3 Å². The van der Waals surface area contributed by atoms with Gasteiger partial charge in [0, 0.05) is 34.3 Å². The summed E-state index contributed by atoms with van der Waals surface area (Å²) in [5, 5.41) is 4.47. The minimum atomic E-state index is 0.0322. The maximum atomic E-state index is 5.90. The van der Waals surface area contributed by atoms with Crippen molar-refractivity contribution in [3.8, 4) is 5.69 Å². The highest BCUT2D eigenvalue weighted by atomic mass is 79.9. The van der Waals surface area contributed by atoms with Gasteiger partial charge in [-0.2, -0.15) is 0 Å². The molecule has 1 N–H and O–H groups in total. The van der Waals surface area contributed by atoms with E-state index < -0.39 is 0 Å². The van der Waals surface area contributed by atoms with Gasteiger partial charge in [0.15, 0.2) is 5.11 Å². The van der Waals surface area contributed by atoms with Gasteiger partial charge in [0.05, 0.1) is 17.8 Å². The second-order valence-electron chi connectivity index (χ2n) is 8.11. The third kappa shape index (κ3) is 3.67. The maximum absolute atomic E-state index is 5.90. The van der Waals surface area contributed by atoms with Gasteiger partial charge in [0.2, 0.25) is 0 Å². The molecule has 154 valence electrons. The van der Waals surface area contributed by atoms with E-state index >= 15 is 0 Å². The fourth-order valence-corrected chi connectivity index (χ4v) is 5.56. The van der Waals surface area contributed by atoms with Crippen molar-refractivity contribution in [2.45, 2.75) is 50.2 Å². The van der Waals surface area contributed by atoms with E-state index in [9.17, 15) is 0 Å². The molecule has 6 heteroatoms. The van der Waals surface area contributed by atoms with Gasteiger partial charge < -0.3 is 14.8 Å². The zero-order valence-corrected chi connectivity index (χ0v) is 19.1. The summed E-state index contributed by atoms with van der Waals surface area (Å²) in [6.45, 7) is 0. The number of benzene rings is 1. The minimum absolute atomic E-state index is 0.0322. The molecule has 0 spiro atoms. The van der Waals surface area contributed by atoms with Gasteiger partial charge in [0.25, 0.3) is 0 Å². The summed E-state index contributed by atoms with van der Waals surface area (Å²) in [4.78, 5) is 7.16. The Balaban J connectivity index is 1.60. The molecule has 0 bridgehead atoms. The summed E-state index contributed by atoms with van der Waals surface area (Å²) in [5.74, 6) is 0. The minimum Gasteiger partial charge on any atom is -0.352 e. The Morgan fingerprint density at radius 1 is 0.967 bits per heavy atom. The van der Waals surface area contributed by atoms with Gasteiger partial charge in [0.1, 0.15) is 0 Å². The van der Waals surface area contributed by atoms with Gasteiger partial charge >= 0.3 is 0 Å². The van der Waals surface area contributed by atoms with Crippen LogP contribution in [0.4, 0.5) is 0 Å². The molecular formula is C24H25BrN4S. The highest BCUT2D eigenvalue weighted by Gasteiger charge is 2.44. The molecule has 2 atom stereocenters. The van der Waals surface area contributed by atoms with E-state index in [2.05, 4.69) is 90.4 Å². The lowest BCUT2D eigenvalue weighted by Gasteiger charge is -2.37. The predicted octanol–water partition coefficient (Wildman–Crippen LogP) is 5.94. The van der Waals surface area contributed by atoms with Crippen LogP contribution in [-0.4, -0.2) is 25.6 Å². The molecule has 3 aromatic rings. The Morgan fingerprint density at radius 2 is 1.77 bits per heavy atom. The van der Waals surface area contributed by atoms with Crippen LogP contribution in [0.5, 0.6) is 0 Å². The van der Waals surface area contributed by atoms with Crippen molar-refractivity contribution in [2.75, 3.05) is 0 Å². The lowest BCUT2D eigenvalue weighted by Crippen LogP contribution is -2.40. The Kier molecular flexibility index (Phi) is 5.61.